The van der Waals surface area contributed by atoms with Gasteiger partial charge in [0.2, 0.25) is 0 Å². The summed E-state index contributed by atoms with van der Waals surface area (Å²) in [6, 6.07) is 0.0939. The summed E-state index contributed by atoms with van der Waals surface area (Å²) in [5, 5.41) is 3.16. The van der Waals surface area contributed by atoms with Crippen LogP contribution in [0.1, 0.15) is 27.2 Å². The van der Waals surface area contributed by atoms with Crippen molar-refractivity contribution in [2.45, 2.75) is 39.5 Å². The number of hydrogen-bond acceptors (Lipinski definition) is 4. The van der Waals surface area contributed by atoms with Crippen LogP contribution >= 0.6 is 0 Å². The molecule has 0 aromatic heterocycles. The van der Waals surface area contributed by atoms with Crippen molar-refractivity contribution in [3.05, 3.63) is 0 Å². The maximum absolute atomic E-state index is 5.50. The Morgan fingerprint density at radius 1 is 1.07 bits per heavy atom. The van der Waals surface area contributed by atoms with Gasteiger partial charge in [-0.05, 0) is 27.3 Å². The molecule has 4 heteroatoms. The van der Waals surface area contributed by atoms with Crippen molar-refractivity contribution in [3.63, 3.8) is 0 Å². The van der Waals surface area contributed by atoms with Crippen molar-refractivity contribution < 1.29 is 14.2 Å². The van der Waals surface area contributed by atoms with Gasteiger partial charge in [0.25, 0.3) is 0 Å². The first-order valence-electron chi connectivity index (χ1n) is 5.78. The molecule has 1 atom stereocenters. The highest BCUT2D eigenvalue weighted by molar-refractivity contribution is 4.68. The zero-order valence-electron chi connectivity index (χ0n) is 10.4. The van der Waals surface area contributed by atoms with Gasteiger partial charge in [-0.15, -0.1) is 0 Å². The molecule has 0 spiro atoms. The van der Waals surface area contributed by atoms with Crippen LogP contribution < -0.4 is 5.32 Å². The Morgan fingerprint density at radius 3 is 2.07 bits per heavy atom. The summed E-state index contributed by atoms with van der Waals surface area (Å²) in [5.41, 5.74) is 0. The largest absolute Gasteiger partial charge is 0.380 e. The number of nitrogens with one attached hydrogen (secondary N) is 1. The first-order valence-corrected chi connectivity index (χ1v) is 5.78. The highest BCUT2D eigenvalue weighted by atomic mass is 16.7. The third kappa shape index (κ3) is 6.84. The average molecular weight is 219 g/mol. The Balaban J connectivity index is 3.93. The SMILES string of the molecule is CCCOCC(NC)C(OCC)OCC. The summed E-state index contributed by atoms with van der Waals surface area (Å²) in [4.78, 5) is 0. The van der Waals surface area contributed by atoms with Crippen LogP contribution in [0.3, 0.4) is 0 Å². The first-order chi connectivity index (χ1) is 7.29. The molecule has 0 heterocycles. The molecule has 1 unspecified atom stereocenters. The zero-order chi connectivity index (χ0) is 11.5. The third-order valence-corrected chi connectivity index (χ3v) is 2.01. The van der Waals surface area contributed by atoms with E-state index in [9.17, 15) is 0 Å². The van der Waals surface area contributed by atoms with Gasteiger partial charge >= 0.3 is 0 Å². The maximum Gasteiger partial charge on any atom is 0.174 e. The molecule has 4 nitrogen and oxygen atoms in total. The maximum atomic E-state index is 5.50. The van der Waals surface area contributed by atoms with Crippen molar-refractivity contribution in [1.29, 1.82) is 0 Å². The van der Waals surface area contributed by atoms with E-state index in [-0.39, 0.29) is 12.3 Å². The van der Waals surface area contributed by atoms with Gasteiger partial charge in [-0.3, -0.25) is 0 Å². The van der Waals surface area contributed by atoms with Gasteiger partial charge in [0.15, 0.2) is 6.29 Å². The molecule has 0 aromatic carbocycles. The molecule has 0 saturated heterocycles. The molecule has 15 heavy (non-hydrogen) atoms. The van der Waals surface area contributed by atoms with Gasteiger partial charge < -0.3 is 19.5 Å². The molecule has 0 fully saturated rings. The molecule has 0 amide bonds. The van der Waals surface area contributed by atoms with Crippen molar-refractivity contribution in [3.8, 4) is 0 Å². The molecule has 1 N–H and O–H groups in total. The summed E-state index contributed by atoms with van der Waals surface area (Å²) >= 11 is 0. The molecule has 0 radical (unpaired) electrons. The van der Waals surface area contributed by atoms with E-state index < -0.39 is 0 Å². The Hall–Kier alpha value is -0.160. The van der Waals surface area contributed by atoms with Crippen LogP contribution in [-0.4, -0.2) is 45.8 Å². The molecule has 0 aliphatic heterocycles. The lowest BCUT2D eigenvalue weighted by atomic mass is 10.3. The van der Waals surface area contributed by atoms with Crippen LogP contribution in [0, 0.1) is 0 Å². The zero-order valence-corrected chi connectivity index (χ0v) is 10.4. The number of ether oxygens (including phenoxy) is 3. The molecular formula is C11H25NO3. The molecular weight excluding hydrogens is 194 g/mol. The van der Waals surface area contributed by atoms with Gasteiger partial charge in [0.05, 0.1) is 12.6 Å². The van der Waals surface area contributed by atoms with Crippen LogP contribution in [0.25, 0.3) is 0 Å². The molecule has 0 saturated carbocycles. The van der Waals surface area contributed by atoms with E-state index in [4.69, 9.17) is 14.2 Å². The minimum absolute atomic E-state index is 0.0939. The second kappa shape index (κ2) is 10.4. The lowest BCUT2D eigenvalue weighted by molar-refractivity contribution is -0.161. The number of hydrogen-bond donors (Lipinski definition) is 1. The molecule has 0 aromatic rings. The average Bonchev–Trinajstić information content (AvgIpc) is 2.24. The predicted octanol–water partition coefficient (Wildman–Crippen LogP) is 1.40. The van der Waals surface area contributed by atoms with Crippen LogP contribution in [-0.2, 0) is 14.2 Å². The van der Waals surface area contributed by atoms with E-state index in [1.807, 2.05) is 20.9 Å². The number of rotatable bonds is 10. The Bertz CT molecular complexity index is 127. The monoisotopic (exact) mass is 219 g/mol. The van der Waals surface area contributed by atoms with E-state index >= 15 is 0 Å². The van der Waals surface area contributed by atoms with Gasteiger partial charge in [0.1, 0.15) is 0 Å². The third-order valence-electron chi connectivity index (χ3n) is 2.01. The normalized spacial score (nSPS) is 13.4. The van der Waals surface area contributed by atoms with Crippen LogP contribution in [0.2, 0.25) is 0 Å². The van der Waals surface area contributed by atoms with Crippen molar-refractivity contribution >= 4 is 0 Å². The smallest absolute Gasteiger partial charge is 0.174 e. The fraction of sp³-hybridized carbons (Fsp3) is 1.00. The lowest BCUT2D eigenvalue weighted by Gasteiger charge is -2.26. The van der Waals surface area contributed by atoms with Crippen molar-refractivity contribution in [1.82, 2.24) is 5.32 Å². The van der Waals surface area contributed by atoms with Gasteiger partial charge in [-0.25, -0.2) is 0 Å². The second-order valence-electron chi connectivity index (χ2n) is 3.25. The quantitative estimate of drug-likeness (QED) is 0.445. The highest BCUT2D eigenvalue weighted by Crippen LogP contribution is 2.03. The van der Waals surface area contributed by atoms with E-state index in [1.54, 1.807) is 0 Å². The van der Waals surface area contributed by atoms with E-state index in [0.717, 1.165) is 13.0 Å². The minimum Gasteiger partial charge on any atom is -0.380 e. The summed E-state index contributed by atoms with van der Waals surface area (Å²) in [5.74, 6) is 0. The fourth-order valence-electron chi connectivity index (χ4n) is 1.26. The predicted molar refractivity (Wildman–Crippen MR) is 61.0 cm³/mol. The van der Waals surface area contributed by atoms with Gasteiger partial charge in [0, 0.05) is 19.8 Å². The summed E-state index contributed by atoms with van der Waals surface area (Å²) in [6.45, 7) is 8.72. The fourth-order valence-corrected chi connectivity index (χ4v) is 1.26. The highest BCUT2D eigenvalue weighted by Gasteiger charge is 2.20. The first kappa shape index (κ1) is 14.8. The molecule has 0 aliphatic rings. The van der Waals surface area contributed by atoms with E-state index in [0.29, 0.717) is 19.8 Å². The molecule has 0 bridgehead atoms. The summed E-state index contributed by atoms with van der Waals surface area (Å²) in [6.07, 6.45) is 0.812. The minimum atomic E-state index is -0.221. The van der Waals surface area contributed by atoms with E-state index in [1.165, 1.54) is 0 Å². The van der Waals surface area contributed by atoms with Crippen LogP contribution in [0.5, 0.6) is 0 Å². The van der Waals surface area contributed by atoms with E-state index in [2.05, 4.69) is 12.2 Å². The van der Waals surface area contributed by atoms with Crippen molar-refractivity contribution in [2.24, 2.45) is 0 Å². The lowest BCUT2D eigenvalue weighted by Crippen LogP contribution is -2.44. The molecule has 0 rings (SSSR count). The number of likely N-dealkylation sites (N-methyl/N-ethyl adjacent to an activating group) is 1. The van der Waals surface area contributed by atoms with Gasteiger partial charge in [-0.2, -0.15) is 0 Å². The van der Waals surface area contributed by atoms with Gasteiger partial charge in [-0.1, -0.05) is 6.92 Å². The molecule has 92 valence electrons. The Kier molecular flexibility index (Phi) is 10.3. The van der Waals surface area contributed by atoms with Crippen LogP contribution in [0.15, 0.2) is 0 Å². The topological polar surface area (TPSA) is 39.7 Å². The summed E-state index contributed by atoms with van der Waals surface area (Å²) < 4.78 is 16.5. The Labute approximate surface area is 93.3 Å². The standard InChI is InChI=1S/C11H25NO3/c1-5-8-13-9-10(12-4)11(14-6-2)15-7-3/h10-12H,5-9H2,1-4H3. The van der Waals surface area contributed by atoms with Crippen LogP contribution in [0.4, 0.5) is 0 Å². The molecule has 0 aliphatic carbocycles. The summed E-state index contributed by atoms with van der Waals surface area (Å²) in [7, 11) is 1.89. The Morgan fingerprint density at radius 2 is 1.67 bits per heavy atom. The second-order valence-corrected chi connectivity index (χ2v) is 3.25. The van der Waals surface area contributed by atoms with Crippen molar-refractivity contribution in [2.75, 3.05) is 33.5 Å².